The first-order valence-corrected chi connectivity index (χ1v) is 12.4. The first kappa shape index (κ1) is 24.4. The minimum absolute atomic E-state index is 0.222. The van der Waals surface area contributed by atoms with Crippen molar-refractivity contribution in [2.45, 2.75) is 29.8 Å². The topological polar surface area (TPSA) is 81.8 Å². The van der Waals surface area contributed by atoms with E-state index in [9.17, 15) is 4.79 Å². The molecule has 0 aliphatic carbocycles. The fourth-order valence-corrected chi connectivity index (χ4v) is 4.88. The number of benzene rings is 3. The zero-order valence-corrected chi connectivity index (χ0v) is 20.8. The van der Waals surface area contributed by atoms with Crippen LogP contribution in [-0.2, 0) is 0 Å². The van der Waals surface area contributed by atoms with Crippen LogP contribution in [0.2, 0.25) is 10.0 Å². The summed E-state index contributed by atoms with van der Waals surface area (Å²) in [5.74, 6) is 0. The number of aliphatic hydroxyl groups is 1. The normalized spacial score (nSPS) is 10.9. The number of para-hydroxylation sites is 2. The molecular weight excluding hydrogens is 489 g/mol. The molecule has 3 N–H and O–H groups in total. The molecule has 0 bridgehead atoms. The number of rotatable bonds is 5. The Morgan fingerprint density at radius 3 is 2.44 bits per heavy atom. The second-order valence-corrected chi connectivity index (χ2v) is 9.41. The molecule has 0 saturated carbocycles. The second-order valence-electron chi connectivity index (χ2n) is 7.57. The third-order valence-corrected chi connectivity index (χ3v) is 6.70. The Bertz CT molecular complexity index is 1460. The Balaban J connectivity index is 0.000000499. The molecule has 0 aliphatic rings. The summed E-state index contributed by atoms with van der Waals surface area (Å²) >= 11 is 13.9. The van der Waals surface area contributed by atoms with E-state index >= 15 is 0 Å². The van der Waals surface area contributed by atoms with Crippen molar-refractivity contribution in [2.75, 3.05) is 6.61 Å². The van der Waals surface area contributed by atoms with Gasteiger partial charge in [-0.3, -0.25) is 4.79 Å². The molecule has 5 aromatic rings. The van der Waals surface area contributed by atoms with Gasteiger partial charge in [0.05, 0.1) is 21.4 Å². The molecule has 2 heterocycles. The van der Waals surface area contributed by atoms with Gasteiger partial charge in [0.1, 0.15) is 0 Å². The molecule has 0 atom stereocenters. The van der Waals surface area contributed by atoms with Gasteiger partial charge in [-0.05, 0) is 48.5 Å². The number of halogens is 2. The highest BCUT2D eigenvalue weighted by atomic mass is 35.5. The molecule has 0 amide bonds. The number of hydrogen-bond acceptors (Lipinski definition) is 4. The molecule has 5 nitrogen and oxygen atoms in total. The zero-order chi connectivity index (χ0) is 24.1. The number of unbranched alkanes of at least 4 members (excludes halogenated alkanes) is 1. The minimum atomic E-state index is -0.222. The molecule has 0 saturated heterocycles. The maximum Gasteiger partial charge on any atom is 0.263 e. The summed E-state index contributed by atoms with van der Waals surface area (Å²) < 4.78 is 0. The first-order valence-electron chi connectivity index (χ1n) is 10.9. The summed E-state index contributed by atoms with van der Waals surface area (Å²) in [7, 11) is 0. The predicted molar refractivity (Wildman–Crippen MR) is 142 cm³/mol. The summed E-state index contributed by atoms with van der Waals surface area (Å²) in [5, 5.41) is 10.7. The number of aromatic nitrogens is 3. The zero-order valence-electron chi connectivity index (χ0n) is 18.4. The number of fused-ring (bicyclic) bond motifs is 2. The van der Waals surface area contributed by atoms with Gasteiger partial charge in [-0.15, -0.1) is 0 Å². The highest BCUT2D eigenvalue weighted by Crippen LogP contribution is 2.40. The second kappa shape index (κ2) is 11.1. The van der Waals surface area contributed by atoms with Crippen LogP contribution in [-0.4, -0.2) is 26.7 Å². The van der Waals surface area contributed by atoms with Gasteiger partial charge in [-0.1, -0.05) is 72.9 Å². The van der Waals surface area contributed by atoms with Crippen LogP contribution < -0.4 is 5.56 Å². The van der Waals surface area contributed by atoms with Crippen LogP contribution in [0.4, 0.5) is 0 Å². The van der Waals surface area contributed by atoms with E-state index in [2.05, 4.69) is 21.9 Å². The highest BCUT2D eigenvalue weighted by molar-refractivity contribution is 7.99. The number of hydrogen-bond donors (Lipinski definition) is 3. The van der Waals surface area contributed by atoms with Gasteiger partial charge in [0.2, 0.25) is 0 Å². The van der Waals surface area contributed by atoms with Crippen LogP contribution in [0.15, 0.2) is 81.6 Å². The average molecular weight is 512 g/mol. The van der Waals surface area contributed by atoms with E-state index in [1.165, 1.54) is 11.8 Å². The quantitative estimate of drug-likeness (QED) is 0.231. The molecule has 8 heteroatoms. The van der Waals surface area contributed by atoms with Gasteiger partial charge >= 0.3 is 0 Å². The van der Waals surface area contributed by atoms with Crippen molar-refractivity contribution >= 4 is 56.9 Å². The molecular formula is C26H23Cl2N3O2S. The van der Waals surface area contributed by atoms with E-state index in [1.54, 1.807) is 12.1 Å². The Labute approximate surface area is 211 Å². The van der Waals surface area contributed by atoms with Crippen LogP contribution >= 0.6 is 35.0 Å². The van der Waals surface area contributed by atoms with Gasteiger partial charge in [-0.2, -0.15) is 0 Å². The molecule has 0 aliphatic heterocycles. The molecule has 3 aromatic carbocycles. The van der Waals surface area contributed by atoms with Crippen molar-refractivity contribution < 1.29 is 5.11 Å². The van der Waals surface area contributed by atoms with Gasteiger partial charge < -0.3 is 15.1 Å². The molecule has 2 aromatic heterocycles. The van der Waals surface area contributed by atoms with Crippen molar-refractivity contribution in [1.82, 2.24) is 15.0 Å². The lowest BCUT2D eigenvalue weighted by Crippen LogP contribution is -2.10. The van der Waals surface area contributed by atoms with E-state index in [4.69, 9.17) is 28.3 Å². The summed E-state index contributed by atoms with van der Waals surface area (Å²) in [4.78, 5) is 24.4. The number of aliphatic hydroxyl groups excluding tert-OH is 1. The summed E-state index contributed by atoms with van der Waals surface area (Å²) in [6.07, 6.45) is 2.04. The van der Waals surface area contributed by atoms with E-state index in [0.717, 1.165) is 40.4 Å². The molecule has 0 unspecified atom stereocenters. The van der Waals surface area contributed by atoms with Crippen LogP contribution in [0.1, 0.15) is 19.8 Å². The molecule has 5 rings (SSSR count). The van der Waals surface area contributed by atoms with Crippen LogP contribution in [0.5, 0.6) is 0 Å². The summed E-state index contributed by atoms with van der Waals surface area (Å²) in [6.45, 7) is 2.40. The molecule has 34 heavy (non-hydrogen) atoms. The largest absolute Gasteiger partial charge is 0.396 e. The van der Waals surface area contributed by atoms with Crippen LogP contribution in [0.25, 0.3) is 33.1 Å². The summed E-state index contributed by atoms with van der Waals surface area (Å²) in [5.41, 5.74) is 3.74. The number of nitrogens with one attached hydrogen (secondary N) is 2. The van der Waals surface area contributed by atoms with E-state index < -0.39 is 0 Å². The van der Waals surface area contributed by atoms with E-state index in [1.807, 2.05) is 54.6 Å². The van der Waals surface area contributed by atoms with Gasteiger partial charge in [0.25, 0.3) is 5.56 Å². The van der Waals surface area contributed by atoms with E-state index in [-0.39, 0.29) is 5.56 Å². The highest BCUT2D eigenvalue weighted by Gasteiger charge is 2.19. The maximum atomic E-state index is 13.1. The number of aromatic amines is 2. The van der Waals surface area contributed by atoms with Crippen molar-refractivity contribution in [1.29, 1.82) is 0 Å². The van der Waals surface area contributed by atoms with E-state index in [0.29, 0.717) is 32.2 Å². The lowest BCUT2D eigenvalue weighted by Gasteiger charge is -2.13. The van der Waals surface area contributed by atoms with Gasteiger partial charge in [0.15, 0.2) is 5.16 Å². The summed E-state index contributed by atoms with van der Waals surface area (Å²) in [6, 6.07) is 20.7. The van der Waals surface area contributed by atoms with Gasteiger partial charge in [-0.25, -0.2) is 4.98 Å². The number of pyridine rings is 1. The Morgan fingerprint density at radius 1 is 0.971 bits per heavy atom. The third-order valence-electron chi connectivity index (χ3n) is 5.15. The molecule has 0 radical (unpaired) electrons. The van der Waals surface area contributed by atoms with Gasteiger partial charge in [0, 0.05) is 33.2 Å². The lowest BCUT2D eigenvalue weighted by molar-refractivity contribution is 0.287. The number of imidazole rings is 1. The smallest absolute Gasteiger partial charge is 0.263 e. The molecule has 0 fully saturated rings. The SMILES string of the molecule is CCCCO.O=c1[nH]c2cc(Cl)ccc2c(-c2ccccc2Cl)c1Sc1nc2ccccc2[nH]1. The average Bonchev–Trinajstić information content (AvgIpc) is 3.24. The standard InChI is InChI=1S/C22H13Cl2N3OS.C4H10O/c23-12-9-10-14-18(11-12)25-21(28)20(19(14)13-5-1-2-6-15(13)24)29-22-26-16-7-3-4-8-17(16)27-22;1-2-3-4-5/h1-11H,(H,25,28)(H,26,27);5H,2-4H2,1H3. The maximum absolute atomic E-state index is 13.1. The Hall–Kier alpha value is -2.77. The fraction of sp³-hybridized carbons (Fsp3) is 0.154. The Morgan fingerprint density at radius 2 is 1.74 bits per heavy atom. The Kier molecular flexibility index (Phi) is 7.95. The van der Waals surface area contributed by atoms with Crippen molar-refractivity contribution in [3.8, 4) is 11.1 Å². The number of H-pyrrole nitrogens is 2. The first-order chi connectivity index (χ1) is 16.5. The van der Waals surface area contributed by atoms with Crippen LogP contribution in [0.3, 0.4) is 0 Å². The van der Waals surface area contributed by atoms with Crippen LogP contribution in [0, 0.1) is 0 Å². The number of nitrogens with zero attached hydrogens (tertiary/aromatic N) is 1. The van der Waals surface area contributed by atoms with Crippen molar-refractivity contribution in [3.05, 3.63) is 87.1 Å². The van der Waals surface area contributed by atoms with Crippen molar-refractivity contribution in [2.24, 2.45) is 0 Å². The lowest BCUT2D eigenvalue weighted by atomic mass is 10.0. The molecule has 174 valence electrons. The molecule has 0 spiro atoms. The fourth-order valence-electron chi connectivity index (χ4n) is 3.51. The van der Waals surface area contributed by atoms with Crippen molar-refractivity contribution in [3.63, 3.8) is 0 Å². The minimum Gasteiger partial charge on any atom is -0.396 e. The monoisotopic (exact) mass is 511 g/mol. The third kappa shape index (κ3) is 5.31. The predicted octanol–water partition coefficient (Wildman–Crippen LogP) is 7.31.